The zero-order chi connectivity index (χ0) is 13.5. The molecule has 0 aliphatic rings. The number of ether oxygens (including phenoxy) is 1. The summed E-state index contributed by atoms with van der Waals surface area (Å²) >= 11 is 5.90. The summed E-state index contributed by atoms with van der Waals surface area (Å²) in [5, 5.41) is 3.39. The Balaban J connectivity index is 2.34. The van der Waals surface area contributed by atoms with Crippen molar-refractivity contribution in [1.29, 1.82) is 0 Å². The van der Waals surface area contributed by atoms with E-state index in [0.29, 0.717) is 11.6 Å². The van der Waals surface area contributed by atoms with Gasteiger partial charge in [0.2, 0.25) is 0 Å². The smallest absolute Gasteiger partial charge is 0.261 e. The highest BCUT2D eigenvalue weighted by molar-refractivity contribution is 6.31. The molecule has 0 heterocycles. The maximum absolute atomic E-state index is 12.8. The van der Waals surface area contributed by atoms with Crippen LogP contribution >= 0.6 is 11.6 Å². The first-order valence-corrected chi connectivity index (χ1v) is 5.92. The van der Waals surface area contributed by atoms with Crippen LogP contribution in [-0.2, 0) is 4.74 Å². The van der Waals surface area contributed by atoms with Gasteiger partial charge < -0.3 is 10.1 Å². The summed E-state index contributed by atoms with van der Waals surface area (Å²) in [6.45, 7) is 1.90. The van der Waals surface area contributed by atoms with Gasteiger partial charge in [-0.3, -0.25) is 0 Å². The van der Waals surface area contributed by atoms with E-state index in [2.05, 4.69) is 5.32 Å². The van der Waals surface area contributed by atoms with E-state index >= 15 is 0 Å². The fraction of sp³-hybridized carbons (Fsp3) is 0.500. The minimum atomic E-state index is -2.45. The molecule has 0 aliphatic carbocycles. The van der Waals surface area contributed by atoms with Crippen LogP contribution in [0, 0.1) is 5.82 Å². The van der Waals surface area contributed by atoms with Gasteiger partial charge in [-0.05, 0) is 24.6 Å². The van der Waals surface area contributed by atoms with Crippen LogP contribution in [0.2, 0.25) is 5.02 Å². The monoisotopic (exact) mass is 281 g/mol. The normalized spacial score (nSPS) is 13.0. The Hall–Kier alpha value is -0.780. The maximum Gasteiger partial charge on any atom is 0.261 e. The molecule has 0 bridgehead atoms. The Bertz CT molecular complexity index is 376. The van der Waals surface area contributed by atoms with Crippen molar-refractivity contribution in [3.8, 4) is 0 Å². The van der Waals surface area contributed by atoms with Crippen molar-refractivity contribution in [1.82, 2.24) is 5.32 Å². The Morgan fingerprint density at radius 3 is 2.72 bits per heavy atom. The number of rotatable bonds is 7. The van der Waals surface area contributed by atoms with Crippen molar-refractivity contribution in [2.24, 2.45) is 0 Å². The quantitative estimate of drug-likeness (QED) is 0.774. The molecule has 1 aromatic carbocycles. The van der Waals surface area contributed by atoms with Gasteiger partial charge in [0.1, 0.15) is 12.4 Å². The van der Waals surface area contributed by atoms with Crippen molar-refractivity contribution in [2.75, 3.05) is 19.8 Å². The van der Waals surface area contributed by atoms with Crippen LogP contribution in [0.25, 0.3) is 0 Å². The molecule has 6 heteroatoms. The van der Waals surface area contributed by atoms with Gasteiger partial charge in [-0.2, -0.15) is 0 Å². The van der Waals surface area contributed by atoms with Crippen molar-refractivity contribution in [3.63, 3.8) is 0 Å². The number of halogens is 4. The van der Waals surface area contributed by atoms with Crippen LogP contribution in [0.1, 0.15) is 18.5 Å². The first-order valence-electron chi connectivity index (χ1n) is 5.55. The molecule has 18 heavy (non-hydrogen) atoms. The van der Waals surface area contributed by atoms with E-state index in [1.165, 1.54) is 12.1 Å². The summed E-state index contributed by atoms with van der Waals surface area (Å²) in [5.41, 5.74) is 0.756. The van der Waals surface area contributed by atoms with Gasteiger partial charge >= 0.3 is 0 Å². The van der Waals surface area contributed by atoms with Crippen LogP contribution in [-0.4, -0.2) is 26.2 Å². The molecule has 0 fully saturated rings. The summed E-state index contributed by atoms with van der Waals surface area (Å²) < 4.78 is 41.1. The summed E-state index contributed by atoms with van der Waals surface area (Å²) in [6, 6.07) is 4.05. The molecule has 0 aromatic heterocycles. The van der Waals surface area contributed by atoms with Gasteiger partial charge in [0.25, 0.3) is 6.43 Å². The lowest BCUT2D eigenvalue weighted by Crippen LogP contribution is -2.24. The Labute approximate surface area is 109 Å². The molecule has 1 aromatic rings. The average molecular weight is 282 g/mol. The first-order chi connectivity index (χ1) is 8.50. The molecular formula is C12H15ClF3NO. The van der Waals surface area contributed by atoms with Gasteiger partial charge in [-0.1, -0.05) is 17.7 Å². The van der Waals surface area contributed by atoms with E-state index in [4.69, 9.17) is 16.3 Å². The third-order valence-corrected chi connectivity index (χ3v) is 2.70. The minimum absolute atomic E-state index is 0.103. The van der Waals surface area contributed by atoms with Gasteiger partial charge in [-0.25, -0.2) is 13.2 Å². The lowest BCUT2D eigenvalue weighted by Gasteiger charge is -2.15. The van der Waals surface area contributed by atoms with Crippen LogP contribution in [0.15, 0.2) is 18.2 Å². The number of alkyl halides is 2. The van der Waals surface area contributed by atoms with E-state index in [1.807, 2.05) is 6.92 Å². The standard InChI is InChI=1S/C12H15ClF3NO/c1-8(17-4-5-18-7-12(15)16)10-3-2-9(14)6-11(10)13/h2-3,6,8,12,17H,4-5,7H2,1H3. The third kappa shape index (κ3) is 5.25. The molecule has 0 saturated heterocycles. The van der Waals surface area contributed by atoms with E-state index in [0.717, 1.165) is 5.56 Å². The molecule has 0 spiro atoms. The van der Waals surface area contributed by atoms with Gasteiger partial charge in [0.05, 0.1) is 6.61 Å². The summed E-state index contributed by atoms with van der Waals surface area (Å²) in [7, 11) is 0. The molecule has 102 valence electrons. The Morgan fingerprint density at radius 1 is 1.39 bits per heavy atom. The largest absolute Gasteiger partial charge is 0.374 e. The van der Waals surface area contributed by atoms with E-state index in [1.54, 1.807) is 6.07 Å². The summed E-state index contributed by atoms with van der Waals surface area (Å²) in [6.07, 6.45) is -2.45. The highest BCUT2D eigenvalue weighted by Crippen LogP contribution is 2.23. The molecule has 0 saturated carbocycles. The van der Waals surface area contributed by atoms with Crippen molar-refractivity contribution in [3.05, 3.63) is 34.6 Å². The molecule has 0 radical (unpaired) electrons. The second-order valence-corrected chi connectivity index (χ2v) is 4.21. The predicted molar refractivity (Wildman–Crippen MR) is 64.7 cm³/mol. The first kappa shape index (κ1) is 15.3. The van der Waals surface area contributed by atoms with Crippen LogP contribution in [0.3, 0.4) is 0 Å². The molecule has 1 N–H and O–H groups in total. The van der Waals surface area contributed by atoms with Crippen LogP contribution in [0.5, 0.6) is 0 Å². The summed E-state index contributed by atoms with van der Waals surface area (Å²) in [4.78, 5) is 0. The van der Waals surface area contributed by atoms with Gasteiger partial charge in [0, 0.05) is 17.6 Å². The Kier molecular flexibility index (Phi) is 6.46. The van der Waals surface area contributed by atoms with Gasteiger partial charge in [0.15, 0.2) is 0 Å². The average Bonchev–Trinajstić information content (AvgIpc) is 2.27. The fourth-order valence-electron chi connectivity index (χ4n) is 1.48. The second-order valence-electron chi connectivity index (χ2n) is 3.81. The van der Waals surface area contributed by atoms with E-state index < -0.39 is 18.8 Å². The number of nitrogens with one attached hydrogen (secondary N) is 1. The molecular weight excluding hydrogens is 267 g/mol. The molecule has 0 aliphatic heterocycles. The van der Waals surface area contributed by atoms with Crippen LogP contribution in [0.4, 0.5) is 13.2 Å². The molecule has 1 atom stereocenters. The zero-order valence-electron chi connectivity index (χ0n) is 9.93. The van der Waals surface area contributed by atoms with Crippen molar-refractivity contribution in [2.45, 2.75) is 19.4 Å². The molecule has 1 unspecified atom stereocenters. The molecule has 1 rings (SSSR count). The van der Waals surface area contributed by atoms with E-state index in [9.17, 15) is 13.2 Å². The summed E-state index contributed by atoms with van der Waals surface area (Å²) in [5.74, 6) is -0.392. The number of hydrogen-bond acceptors (Lipinski definition) is 2. The third-order valence-electron chi connectivity index (χ3n) is 2.37. The van der Waals surface area contributed by atoms with Crippen LogP contribution < -0.4 is 5.32 Å². The lowest BCUT2D eigenvalue weighted by molar-refractivity contribution is 0.0183. The number of hydrogen-bond donors (Lipinski definition) is 1. The zero-order valence-corrected chi connectivity index (χ0v) is 10.7. The number of benzene rings is 1. The van der Waals surface area contributed by atoms with E-state index in [-0.39, 0.29) is 12.6 Å². The predicted octanol–water partition coefficient (Wildman–Crippen LogP) is 3.41. The second kappa shape index (κ2) is 7.61. The minimum Gasteiger partial charge on any atom is -0.374 e. The van der Waals surface area contributed by atoms with Gasteiger partial charge in [-0.15, -0.1) is 0 Å². The maximum atomic E-state index is 12.8. The highest BCUT2D eigenvalue weighted by atomic mass is 35.5. The van der Waals surface area contributed by atoms with Crippen molar-refractivity contribution < 1.29 is 17.9 Å². The fourth-order valence-corrected chi connectivity index (χ4v) is 1.81. The molecule has 2 nitrogen and oxygen atoms in total. The molecule has 0 amide bonds. The Morgan fingerprint density at radius 2 is 2.11 bits per heavy atom. The SMILES string of the molecule is CC(NCCOCC(F)F)c1ccc(F)cc1Cl. The lowest BCUT2D eigenvalue weighted by atomic mass is 10.1. The highest BCUT2D eigenvalue weighted by Gasteiger charge is 2.09. The topological polar surface area (TPSA) is 21.3 Å². The van der Waals surface area contributed by atoms with Crippen molar-refractivity contribution >= 4 is 11.6 Å².